The lowest BCUT2D eigenvalue weighted by Gasteiger charge is -2.24. The Bertz CT molecular complexity index is 1000. The summed E-state index contributed by atoms with van der Waals surface area (Å²) in [6, 6.07) is 11.9. The molecule has 140 valence electrons. The minimum Gasteiger partial charge on any atom is -0.481 e. The topological polar surface area (TPSA) is 104 Å². The molecule has 1 aliphatic heterocycles. The zero-order chi connectivity index (χ0) is 19.4. The highest BCUT2D eigenvalue weighted by Crippen LogP contribution is 2.44. The maximum Gasteiger partial charge on any atom is 0.305 e. The highest BCUT2D eigenvalue weighted by Gasteiger charge is 2.43. The van der Waals surface area contributed by atoms with Crippen LogP contribution >= 0.6 is 0 Å². The zero-order valence-electron chi connectivity index (χ0n) is 14.2. The minimum absolute atomic E-state index is 0.0923. The summed E-state index contributed by atoms with van der Waals surface area (Å²) in [5.41, 5.74) is 0.825. The summed E-state index contributed by atoms with van der Waals surface area (Å²) in [6.45, 7) is -0.157. The van der Waals surface area contributed by atoms with Crippen molar-refractivity contribution < 1.29 is 28.2 Å². The zero-order valence-corrected chi connectivity index (χ0v) is 15.0. The molecule has 0 aromatic heterocycles. The third kappa shape index (κ3) is 3.74. The number of hydrogen-bond acceptors (Lipinski definition) is 5. The molecule has 2 N–H and O–H groups in total. The van der Waals surface area contributed by atoms with Gasteiger partial charge in [0.2, 0.25) is 0 Å². The van der Waals surface area contributed by atoms with Gasteiger partial charge in [-0.2, -0.15) is 0 Å². The lowest BCUT2D eigenvalue weighted by molar-refractivity contribution is -0.137. The number of sulfonamides is 1. The fraction of sp³-hybridized carbons (Fsp3) is 0.211. The molecule has 0 radical (unpaired) electrons. The highest BCUT2D eigenvalue weighted by molar-refractivity contribution is 7.93. The van der Waals surface area contributed by atoms with E-state index in [9.17, 15) is 18.3 Å². The average Bonchev–Trinajstić information content (AvgIpc) is 2.86. The summed E-state index contributed by atoms with van der Waals surface area (Å²) in [5, 5.41) is 17.8. The van der Waals surface area contributed by atoms with E-state index in [2.05, 4.69) is 11.8 Å². The minimum atomic E-state index is -3.85. The van der Waals surface area contributed by atoms with E-state index >= 15 is 0 Å². The van der Waals surface area contributed by atoms with E-state index in [1.54, 1.807) is 42.5 Å². The van der Waals surface area contributed by atoms with Gasteiger partial charge in [0, 0.05) is 0 Å². The van der Waals surface area contributed by atoms with E-state index in [0.717, 1.165) is 4.31 Å². The third-order valence-corrected chi connectivity index (χ3v) is 5.98. The van der Waals surface area contributed by atoms with Crippen LogP contribution in [0, 0.1) is 11.8 Å². The summed E-state index contributed by atoms with van der Waals surface area (Å²) in [6.07, 6.45) is -0.342. The summed E-state index contributed by atoms with van der Waals surface area (Å²) >= 11 is 0. The Kier molecular flexibility index (Phi) is 5.35. The van der Waals surface area contributed by atoms with Gasteiger partial charge in [-0.05, 0) is 35.9 Å². The smallest absolute Gasteiger partial charge is 0.305 e. The molecule has 2 aromatic carbocycles. The Labute approximate surface area is 156 Å². The molecule has 0 spiro atoms. The van der Waals surface area contributed by atoms with Crippen LogP contribution in [0.5, 0.6) is 5.75 Å². The first-order valence-electron chi connectivity index (χ1n) is 8.09. The maximum atomic E-state index is 13.0. The SMILES string of the molecule is O=C(O)CC1c2ccccc2S(=O)(=O)N1c1ccc(OCC#CCO)cc1. The van der Waals surface area contributed by atoms with Crippen molar-refractivity contribution in [2.24, 2.45) is 0 Å². The van der Waals surface area contributed by atoms with Gasteiger partial charge >= 0.3 is 5.97 Å². The Hall–Kier alpha value is -3.02. The predicted molar refractivity (Wildman–Crippen MR) is 97.9 cm³/mol. The second-order valence-electron chi connectivity index (χ2n) is 5.75. The van der Waals surface area contributed by atoms with Gasteiger partial charge in [0.1, 0.15) is 19.0 Å². The molecule has 3 rings (SSSR count). The van der Waals surface area contributed by atoms with Crippen LogP contribution in [-0.2, 0) is 14.8 Å². The van der Waals surface area contributed by atoms with E-state index in [1.807, 2.05) is 0 Å². The number of rotatable bonds is 5. The van der Waals surface area contributed by atoms with Gasteiger partial charge in [-0.1, -0.05) is 30.0 Å². The molecule has 0 bridgehead atoms. The average molecular weight is 387 g/mol. The number of nitrogens with zero attached hydrogens (tertiary/aromatic N) is 1. The number of carboxylic acids is 1. The lowest BCUT2D eigenvalue weighted by atomic mass is 10.0. The molecule has 0 fully saturated rings. The molecular weight excluding hydrogens is 370 g/mol. The van der Waals surface area contributed by atoms with Crippen molar-refractivity contribution in [3.05, 3.63) is 54.1 Å². The molecule has 8 heteroatoms. The fourth-order valence-corrected chi connectivity index (χ4v) is 4.87. The number of benzene rings is 2. The number of carboxylic acid groups (broad SMARTS) is 1. The van der Waals surface area contributed by atoms with Crippen LogP contribution in [0.4, 0.5) is 5.69 Å². The number of aliphatic hydroxyl groups excluding tert-OH is 1. The fourth-order valence-electron chi connectivity index (χ4n) is 2.98. The van der Waals surface area contributed by atoms with E-state index in [0.29, 0.717) is 17.0 Å². The van der Waals surface area contributed by atoms with Gasteiger partial charge in [-0.3, -0.25) is 9.10 Å². The molecule has 1 unspecified atom stereocenters. The van der Waals surface area contributed by atoms with Crippen molar-refractivity contribution in [3.8, 4) is 17.6 Å². The lowest BCUT2D eigenvalue weighted by Crippen LogP contribution is -2.29. The number of ether oxygens (including phenoxy) is 1. The van der Waals surface area contributed by atoms with E-state index in [4.69, 9.17) is 9.84 Å². The first-order chi connectivity index (χ1) is 12.9. The van der Waals surface area contributed by atoms with Crippen molar-refractivity contribution in [1.82, 2.24) is 0 Å². The molecule has 1 aliphatic rings. The van der Waals surface area contributed by atoms with Gasteiger partial charge < -0.3 is 14.9 Å². The van der Waals surface area contributed by atoms with Crippen molar-refractivity contribution in [2.45, 2.75) is 17.4 Å². The van der Waals surface area contributed by atoms with Crippen LogP contribution in [0.2, 0.25) is 0 Å². The van der Waals surface area contributed by atoms with E-state index < -0.39 is 22.0 Å². The molecule has 0 saturated heterocycles. The monoisotopic (exact) mass is 387 g/mol. The van der Waals surface area contributed by atoms with Crippen LogP contribution in [0.15, 0.2) is 53.4 Å². The summed E-state index contributed by atoms with van der Waals surface area (Å²) in [4.78, 5) is 11.4. The number of anilines is 1. The van der Waals surface area contributed by atoms with E-state index in [-0.39, 0.29) is 24.5 Å². The van der Waals surface area contributed by atoms with Gasteiger partial charge in [0.05, 0.1) is 23.0 Å². The largest absolute Gasteiger partial charge is 0.481 e. The van der Waals surface area contributed by atoms with E-state index in [1.165, 1.54) is 6.07 Å². The molecule has 2 aromatic rings. The van der Waals surface area contributed by atoms with Crippen LogP contribution in [0.3, 0.4) is 0 Å². The highest BCUT2D eigenvalue weighted by atomic mass is 32.2. The number of aliphatic hydroxyl groups is 1. The Morgan fingerprint density at radius 2 is 1.81 bits per heavy atom. The summed E-state index contributed by atoms with van der Waals surface area (Å²) in [5.74, 6) is 4.47. The van der Waals surface area contributed by atoms with Crippen LogP contribution in [-0.4, -0.2) is 37.8 Å². The molecule has 0 saturated carbocycles. The number of aliphatic carboxylic acids is 1. The van der Waals surface area contributed by atoms with Crippen LogP contribution < -0.4 is 9.04 Å². The van der Waals surface area contributed by atoms with Crippen molar-refractivity contribution >= 4 is 21.7 Å². The molecular formula is C19H17NO6S. The molecule has 7 nitrogen and oxygen atoms in total. The van der Waals surface area contributed by atoms with Gasteiger partial charge in [-0.25, -0.2) is 8.42 Å². The van der Waals surface area contributed by atoms with Gasteiger partial charge in [-0.15, -0.1) is 0 Å². The molecule has 1 heterocycles. The Morgan fingerprint density at radius 1 is 1.11 bits per heavy atom. The van der Waals surface area contributed by atoms with Crippen molar-refractivity contribution in [1.29, 1.82) is 0 Å². The van der Waals surface area contributed by atoms with Crippen LogP contribution in [0.1, 0.15) is 18.0 Å². The standard InChI is InChI=1S/C19H17NO6S/c21-11-3-4-12-26-15-9-7-14(8-10-15)20-17(13-19(22)23)16-5-1-2-6-18(16)27(20,24)25/h1-2,5-10,17,21H,11-13H2,(H,22,23). The number of carbonyl (C=O) groups is 1. The second kappa shape index (κ2) is 7.70. The predicted octanol–water partition coefficient (Wildman–Crippen LogP) is 1.79. The van der Waals surface area contributed by atoms with Crippen molar-refractivity contribution in [2.75, 3.05) is 17.5 Å². The first-order valence-corrected chi connectivity index (χ1v) is 9.53. The first kappa shape index (κ1) is 18.8. The Morgan fingerprint density at radius 3 is 2.48 bits per heavy atom. The normalized spacial score (nSPS) is 16.9. The molecule has 0 aliphatic carbocycles. The van der Waals surface area contributed by atoms with Crippen molar-refractivity contribution in [3.63, 3.8) is 0 Å². The summed E-state index contributed by atoms with van der Waals surface area (Å²) in [7, 11) is -3.85. The molecule has 27 heavy (non-hydrogen) atoms. The van der Waals surface area contributed by atoms with Gasteiger partial charge in [0.25, 0.3) is 10.0 Å². The van der Waals surface area contributed by atoms with Gasteiger partial charge in [0.15, 0.2) is 0 Å². The Balaban J connectivity index is 1.93. The second-order valence-corrected chi connectivity index (χ2v) is 7.53. The van der Waals surface area contributed by atoms with Crippen LogP contribution in [0.25, 0.3) is 0 Å². The summed E-state index contributed by atoms with van der Waals surface area (Å²) < 4.78 is 32.5. The number of hydrogen-bond donors (Lipinski definition) is 2. The number of fused-ring (bicyclic) bond motifs is 1. The maximum absolute atomic E-state index is 13.0. The molecule has 1 atom stereocenters. The molecule has 0 amide bonds. The quantitative estimate of drug-likeness (QED) is 0.758. The third-order valence-electron chi connectivity index (χ3n) is 4.07.